The minimum absolute atomic E-state index is 0.0483. The van der Waals surface area contributed by atoms with Gasteiger partial charge in [-0.1, -0.05) is 6.92 Å². The SMILES string of the molecule is CCC1CC(=O)c2c(N3CCNCC3)c(F)cc3c(=O)c(C(=O)O)cn1c23. The molecule has 1 aromatic carbocycles. The molecule has 2 aliphatic rings. The number of hydrogen-bond donors (Lipinski definition) is 2. The first-order valence-corrected chi connectivity index (χ1v) is 9.07. The van der Waals surface area contributed by atoms with Crippen molar-refractivity contribution in [3.63, 3.8) is 0 Å². The smallest absolute Gasteiger partial charge is 0.341 e. The minimum Gasteiger partial charge on any atom is -0.477 e. The number of rotatable bonds is 3. The number of halogens is 1. The molecule has 2 aromatic rings. The number of aromatic carboxylic acids is 1. The van der Waals surface area contributed by atoms with Crippen LogP contribution in [0.4, 0.5) is 10.1 Å². The molecule has 0 aliphatic carbocycles. The third-order valence-corrected chi connectivity index (χ3v) is 5.47. The van der Waals surface area contributed by atoms with Crippen LogP contribution in [0.2, 0.25) is 0 Å². The number of benzene rings is 1. The number of pyridine rings is 1. The Morgan fingerprint density at radius 1 is 1.33 bits per heavy atom. The summed E-state index contributed by atoms with van der Waals surface area (Å²) in [4.78, 5) is 38.9. The van der Waals surface area contributed by atoms with Crippen molar-refractivity contribution in [3.8, 4) is 0 Å². The molecule has 0 amide bonds. The summed E-state index contributed by atoms with van der Waals surface area (Å²) in [5.41, 5.74) is -0.394. The first-order chi connectivity index (χ1) is 12.9. The van der Waals surface area contributed by atoms with Crippen LogP contribution in [-0.4, -0.2) is 47.6 Å². The summed E-state index contributed by atoms with van der Waals surface area (Å²) < 4.78 is 16.7. The Bertz CT molecular complexity index is 1020. The number of nitrogens with one attached hydrogen (secondary N) is 1. The van der Waals surface area contributed by atoms with Gasteiger partial charge in [-0.25, -0.2) is 9.18 Å². The molecule has 0 radical (unpaired) electrons. The maximum absolute atomic E-state index is 15.1. The van der Waals surface area contributed by atoms with Gasteiger partial charge in [0.2, 0.25) is 5.43 Å². The molecule has 1 unspecified atom stereocenters. The average molecular weight is 373 g/mol. The molecule has 3 heterocycles. The summed E-state index contributed by atoms with van der Waals surface area (Å²) in [7, 11) is 0. The van der Waals surface area contributed by atoms with Crippen molar-refractivity contribution in [1.82, 2.24) is 9.88 Å². The van der Waals surface area contributed by atoms with Gasteiger partial charge in [-0.2, -0.15) is 0 Å². The summed E-state index contributed by atoms with van der Waals surface area (Å²) in [6.07, 6.45) is 2.06. The van der Waals surface area contributed by atoms with E-state index in [0.29, 0.717) is 38.1 Å². The fraction of sp³-hybridized carbons (Fsp3) is 0.421. The Balaban J connectivity index is 2.12. The summed E-state index contributed by atoms with van der Waals surface area (Å²) >= 11 is 0. The lowest BCUT2D eigenvalue weighted by molar-refractivity contribution is 0.0694. The van der Waals surface area contributed by atoms with E-state index in [4.69, 9.17) is 0 Å². The maximum Gasteiger partial charge on any atom is 0.341 e. The first kappa shape index (κ1) is 17.7. The van der Waals surface area contributed by atoms with Gasteiger partial charge in [-0.05, 0) is 12.5 Å². The summed E-state index contributed by atoms with van der Waals surface area (Å²) in [6.45, 7) is 4.35. The van der Waals surface area contributed by atoms with Crippen LogP contribution in [0, 0.1) is 5.82 Å². The van der Waals surface area contributed by atoms with Crippen molar-refractivity contribution < 1.29 is 19.1 Å². The third kappa shape index (κ3) is 2.63. The Morgan fingerprint density at radius 3 is 2.67 bits per heavy atom. The fourth-order valence-corrected chi connectivity index (χ4v) is 4.14. The van der Waals surface area contributed by atoms with Crippen molar-refractivity contribution in [1.29, 1.82) is 0 Å². The van der Waals surface area contributed by atoms with Gasteiger partial charge in [-0.3, -0.25) is 9.59 Å². The molecule has 8 heteroatoms. The largest absolute Gasteiger partial charge is 0.477 e. The summed E-state index contributed by atoms with van der Waals surface area (Å²) in [6, 6.07) is 0.833. The van der Waals surface area contributed by atoms with Crippen LogP contribution in [-0.2, 0) is 0 Å². The second kappa shape index (κ2) is 6.45. The predicted molar refractivity (Wildman–Crippen MR) is 98.5 cm³/mol. The topological polar surface area (TPSA) is 91.6 Å². The number of piperazine rings is 1. The summed E-state index contributed by atoms with van der Waals surface area (Å²) in [5, 5.41) is 12.5. The molecule has 27 heavy (non-hydrogen) atoms. The number of ketones is 1. The molecular weight excluding hydrogens is 353 g/mol. The number of carboxylic acids is 1. The molecule has 142 valence electrons. The van der Waals surface area contributed by atoms with E-state index in [0.717, 1.165) is 6.07 Å². The highest BCUT2D eigenvalue weighted by atomic mass is 19.1. The van der Waals surface area contributed by atoms with E-state index in [-0.39, 0.29) is 34.9 Å². The Hall–Kier alpha value is -2.74. The van der Waals surface area contributed by atoms with Crippen LogP contribution < -0.4 is 15.6 Å². The van der Waals surface area contributed by atoms with E-state index in [1.54, 1.807) is 4.57 Å². The molecule has 1 atom stereocenters. The molecule has 1 saturated heterocycles. The zero-order valence-corrected chi connectivity index (χ0v) is 14.9. The number of aromatic nitrogens is 1. The number of carbonyl (C=O) groups excluding carboxylic acids is 1. The van der Waals surface area contributed by atoms with Gasteiger partial charge in [0.25, 0.3) is 0 Å². The molecule has 1 aromatic heterocycles. The monoisotopic (exact) mass is 373 g/mol. The van der Waals surface area contributed by atoms with Crippen LogP contribution in [0.15, 0.2) is 17.1 Å². The number of Topliss-reactive ketones (excluding diaryl/α,β-unsaturated/α-hetero) is 1. The van der Waals surface area contributed by atoms with Gasteiger partial charge in [0, 0.05) is 44.8 Å². The Morgan fingerprint density at radius 2 is 2.04 bits per heavy atom. The third-order valence-electron chi connectivity index (χ3n) is 5.47. The maximum atomic E-state index is 15.1. The second-order valence-corrected chi connectivity index (χ2v) is 6.99. The fourth-order valence-electron chi connectivity index (χ4n) is 4.14. The van der Waals surface area contributed by atoms with E-state index >= 15 is 4.39 Å². The van der Waals surface area contributed by atoms with Crippen LogP contribution in [0.25, 0.3) is 10.9 Å². The highest BCUT2D eigenvalue weighted by Crippen LogP contribution is 2.39. The molecule has 7 nitrogen and oxygen atoms in total. The highest BCUT2D eigenvalue weighted by Gasteiger charge is 2.34. The Kier molecular flexibility index (Phi) is 4.22. The number of hydrogen-bond acceptors (Lipinski definition) is 5. The van der Waals surface area contributed by atoms with Crippen molar-refractivity contribution in [3.05, 3.63) is 39.4 Å². The van der Waals surface area contributed by atoms with Crippen LogP contribution in [0.5, 0.6) is 0 Å². The van der Waals surface area contributed by atoms with E-state index in [1.165, 1.54) is 6.20 Å². The number of anilines is 1. The first-order valence-electron chi connectivity index (χ1n) is 9.07. The Labute approximate surface area is 154 Å². The standard InChI is InChI=1S/C19H20FN3O4/c1-2-10-7-14(24)15-16-11(18(25)12(19(26)27)9-23(10)16)8-13(20)17(15)22-5-3-21-4-6-22/h8-10,21H,2-7H2,1H3,(H,26,27). The molecule has 4 rings (SSSR count). The van der Waals surface area contributed by atoms with Crippen molar-refractivity contribution in [2.24, 2.45) is 0 Å². The van der Waals surface area contributed by atoms with Crippen molar-refractivity contribution in [2.45, 2.75) is 25.8 Å². The van der Waals surface area contributed by atoms with Gasteiger partial charge in [0.15, 0.2) is 5.78 Å². The van der Waals surface area contributed by atoms with E-state index < -0.39 is 22.8 Å². The van der Waals surface area contributed by atoms with Gasteiger partial charge in [0.05, 0.1) is 22.2 Å². The second-order valence-electron chi connectivity index (χ2n) is 6.99. The number of nitrogens with zero attached hydrogens (tertiary/aromatic N) is 2. The van der Waals surface area contributed by atoms with Crippen LogP contribution >= 0.6 is 0 Å². The zero-order valence-electron chi connectivity index (χ0n) is 14.9. The van der Waals surface area contributed by atoms with Crippen LogP contribution in [0.1, 0.15) is 46.5 Å². The minimum atomic E-state index is -1.36. The predicted octanol–water partition coefficient (Wildman–Crippen LogP) is 1.79. The number of carboxylic acid groups (broad SMARTS) is 1. The summed E-state index contributed by atoms with van der Waals surface area (Å²) in [5.74, 6) is -2.22. The normalized spacial score (nSPS) is 19.6. The molecule has 2 N–H and O–H groups in total. The van der Waals surface area contributed by atoms with Gasteiger partial charge >= 0.3 is 5.97 Å². The van der Waals surface area contributed by atoms with E-state index in [2.05, 4.69) is 5.32 Å². The average Bonchev–Trinajstić information content (AvgIpc) is 2.66. The van der Waals surface area contributed by atoms with Gasteiger partial charge < -0.3 is 19.9 Å². The number of carbonyl (C=O) groups is 2. The van der Waals surface area contributed by atoms with E-state index in [1.807, 2.05) is 11.8 Å². The van der Waals surface area contributed by atoms with Crippen LogP contribution in [0.3, 0.4) is 0 Å². The quantitative estimate of drug-likeness (QED) is 0.852. The van der Waals surface area contributed by atoms with E-state index in [9.17, 15) is 19.5 Å². The zero-order chi connectivity index (χ0) is 19.3. The lowest BCUT2D eigenvalue weighted by Gasteiger charge is -2.34. The molecular formula is C19H20FN3O4. The van der Waals surface area contributed by atoms with Crippen molar-refractivity contribution >= 4 is 28.3 Å². The molecule has 2 aliphatic heterocycles. The van der Waals surface area contributed by atoms with Gasteiger partial charge in [-0.15, -0.1) is 0 Å². The van der Waals surface area contributed by atoms with Gasteiger partial charge in [0.1, 0.15) is 11.4 Å². The lowest BCUT2D eigenvalue weighted by Crippen LogP contribution is -2.45. The molecule has 0 spiro atoms. The van der Waals surface area contributed by atoms with Crippen molar-refractivity contribution in [2.75, 3.05) is 31.1 Å². The molecule has 0 bridgehead atoms. The molecule has 0 saturated carbocycles. The highest BCUT2D eigenvalue weighted by molar-refractivity contribution is 6.13. The molecule has 1 fully saturated rings. The lowest BCUT2D eigenvalue weighted by atomic mass is 9.91.